The van der Waals surface area contributed by atoms with Gasteiger partial charge in [0, 0.05) is 31.1 Å². The molecule has 0 aromatic carbocycles. The number of hydrogen-bond donors (Lipinski definition) is 1. The standard InChI is InChI=1S/C11H17N3S/c1-12-9-10-3-2-4-11(13-10)14-5-7-15-8-6-14/h2-4,12H,5-9H2,1H3. The van der Waals surface area contributed by atoms with Crippen molar-refractivity contribution in [3.05, 3.63) is 23.9 Å². The van der Waals surface area contributed by atoms with Gasteiger partial charge in [-0.1, -0.05) is 6.07 Å². The third kappa shape index (κ3) is 2.86. The molecule has 0 bridgehead atoms. The number of rotatable bonds is 3. The summed E-state index contributed by atoms with van der Waals surface area (Å²) >= 11 is 2.03. The maximum absolute atomic E-state index is 4.64. The largest absolute Gasteiger partial charge is 0.355 e. The van der Waals surface area contributed by atoms with E-state index in [4.69, 9.17) is 0 Å². The van der Waals surface area contributed by atoms with Crippen LogP contribution in [0.1, 0.15) is 5.69 Å². The highest BCUT2D eigenvalue weighted by Crippen LogP contribution is 2.17. The van der Waals surface area contributed by atoms with E-state index in [0.717, 1.165) is 31.1 Å². The summed E-state index contributed by atoms with van der Waals surface area (Å²) in [6.07, 6.45) is 0. The first-order valence-electron chi connectivity index (χ1n) is 5.33. The SMILES string of the molecule is CNCc1cccc(N2CCSCC2)n1. The average molecular weight is 223 g/mol. The van der Waals surface area contributed by atoms with Crippen molar-refractivity contribution < 1.29 is 0 Å². The van der Waals surface area contributed by atoms with Gasteiger partial charge >= 0.3 is 0 Å². The van der Waals surface area contributed by atoms with Crippen LogP contribution in [0.3, 0.4) is 0 Å². The zero-order chi connectivity index (χ0) is 10.5. The molecule has 0 radical (unpaired) electrons. The molecule has 82 valence electrons. The van der Waals surface area contributed by atoms with E-state index in [1.165, 1.54) is 11.5 Å². The van der Waals surface area contributed by atoms with Crippen LogP contribution in [0.15, 0.2) is 18.2 Å². The van der Waals surface area contributed by atoms with Crippen LogP contribution in [0.25, 0.3) is 0 Å². The Balaban J connectivity index is 2.09. The molecule has 0 saturated carbocycles. The summed E-state index contributed by atoms with van der Waals surface area (Å²) in [5, 5.41) is 3.13. The topological polar surface area (TPSA) is 28.2 Å². The van der Waals surface area contributed by atoms with Crippen molar-refractivity contribution in [3.63, 3.8) is 0 Å². The van der Waals surface area contributed by atoms with Crippen molar-refractivity contribution in [2.24, 2.45) is 0 Å². The summed E-state index contributed by atoms with van der Waals surface area (Å²) in [6.45, 7) is 3.10. The third-order valence-corrected chi connectivity index (χ3v) is 3.43. The fraction of sp³-hybridized carbons (Fsp3) is 0.545. The highest BCUT2D eigenvalue weighted by atomic mass is 32.2. The van der Waals surface area contributed by atoms with Crippen LogP contribution in [0.4, 0.5) is 5.82 Å². The fourth-order valence-corrected chi connectivity index (χ4v) is 2.62. The van der Waals surface area contributed by atoms with Crippen LogP contribution in [0.2, 0.25) is 0 Å². The summed E-state index contributed by atoms with van der Waals surface area (Å²) in [5.74, 6) is 3.57. The van der Waals surface area contributed by atoms with Crippen molar-refractivity contribution in [2.75, 3.05) is 36.5 Å². The van der Waals surface area contributed by atoms with Crippen LogP contribution in [0.5, 0.6) is 0 Å². The monoisotopic (exact) mass is 223 g/mol. The average Bonchev–Trinajstić information content (AvgIpc) is 2.31. The third-order valence-electron chi connectivity index (χ3n) is 2.49. The van der Waals surface area contributed by atoms with E-state index in [0.29, 0.717) is 0 Å². The fourth-order valence-electron chi connectivity index (χ4n) is 1.72. The lowest BCUT2D eigenvalue weighted by molar-refractivity contribution is 0.776. The van der Waals surface area contributed by atoms with Gasteiger partial charge in [-0.25, -0.2) is 4.98 Å². The van der Waals surface area contributed by atoms with Gasteiger partial charge in [0.15, 0.2) is 0 Å². The number of nitrogens with zero attached hydrogens (tertiary/aromatic N) is 2. The minimum atomic E-state index is 0.844. The molecule has 1 N–H and O–H groups in total. The number of hydrogen-bond acceptors (Lipinski definition) is 4. The molecule has 1 aromatic heterocycles. The smallest absolute Gasteiger partial charge is 0.128 e. The molecule has 4 heteroatoms. The van der Waals surface area contributed by atoms with Crippen molar-refractivity contribution in [2.45, 2.75) is 6.54 Å². The van der Waals surface area contributed by atoms with Crippen LogP contribution >= 0.6 is 11.8 Å². The van der Waals surface area contributed by atoms with E-state index in [2.05, 4.69) is 33.4 Å². The zero-order valence-electron chi connectivity index (χ0n) is 9.07. The molecule has 3 nitrogen and oxygen atoms in total. The van der Waals surface area contributed by atoms with Gasteiger partial charge in [0.25, 0.3) is 0 Å². The van der Waals surface area contributed by atoms with Crippen LogP contribution in [-0.4, -0.2) is 36.6 Å². The molecule has 15 heavy (non-hydrogen) atoms. The predicted octanol–water partition coefficient (Wildman–Crippen LogP) is 1.35. The first-order chi connectivity index (χ1) is 7.40. The molecule has 1 saturated heterocycles. The molecule has 0 aliphatic carbocycles. The van der Waals surface area contributed by atoms with Crippen LogP contribution in [-0.2, 0) is 6.54 Å². The van der Waals surface area contributed by atoms with Gasteiger partial charge in [-0.15, -0.1) is 0 Å². The van der Waals surface area contributed by atoms with Gasteiger partial charge in [0.2, 0.25) is 0 Å². The van der Waals surface area contributed by atoms with Gasteiger partial charge < -0.3 is 10.2 Å². The Bertz CT molecular complexity index is 310. The number of thioether (sulfide) groups is 1. The molecule has 0 spiro atoms. The van der Waals surface area contributed by atoms with Crippen molar-refractivity contribution >= 4 is 17.6 Å². The first-order valence-corrected chi connectivity index (χ1v) is 6.49. The Kier molecular flexibility index (Phi) is 3.86. The lowest BCUT2D eigenvalue weighted by Gasteiger charge is -2.27. The molecule has 0 unspecified atom stereocenters. The molecule has 1 aliphatic rings. The lowest BCUT2D eigenvalue weighted by atomic mass is 10.3. The molecular formula is C11H17N3S. The molecule has 2 rings (SSSR count). The Labute approximate surface area is 95.3 Å². The summed E-state index contributed by atoms with van der Waals surface area (Å²) in [6, 6.07) is 6.27. The minimum absolute atomic E-state index is 0.844. The molecule has 2 heterocycles. The quantitative estimate of drug-likeness (QED) is 0.837. The maximum Gasteiger partial charge on any atom is 0.128 e. The second kappa shape index (κ2) is 5.37. The molecular weight excluding hydrogens is 206 g/mol. The summed E-state index contributed by atoms with van der Waals surface area (Å²) in [7, 11) is 1.95. The van der Waals surface area contributed by atoms with E-state index >= 15 is 0 Å². The maximum atomic E-state index is 4.64. The summed E-state index contributed by atoms with van der Waals surface area (Å²) in [4.78, 5) is 7.01. The van der Waals surface area contributed by atoms with Crippen LogP contribution < -0.4 is 10.2 Å². The first kappa shape index (κ1) is 10.8. The van der Waals surface area contributed by atoms with Gasteiger partial charge in [-0.2, -0.15) is 11.8 Å². The Morgan fingerprint density at radius 1 is 1.40 bits per heavy atom. The van der Waals surface area contributed by atoms with Gasteiger partial charge in [-0.05, 0) is 19.2 Å². The van der Waals surface area contributed by atoms with E-state index in [1.54, 1.807) is 0 Å². The van der Waals surface area contributed by atoms with Gasteiger partial charge in [-0.3, -0.25) is 0 Å². The highest BCUT2D eigenvalue weighted by Gasteiger charge is 2.12. The van der Waals surface area contributed by atoms with Crippen molar-refractivity contribution in [3.8, 4) is 0 Å². The lowest BCUT2D eigenvalue weighted by Crippen LogP contribution is -2.33. The van der Waals surface area contributed by atoms with Crippen molar-refractivity contribution in [1.29, 1.82) is 0 Å². The normalized spacial score (nSPS) is 16.7. The van der Waals surface area contributed by atoms with Gasteiger partial charge in [0.1, 0.15) is 5.82 Å². The Hall–Kier alpha value is -0.740. The van der Waals surface area contributed by atoms with E-state index in [-0.39, 0.29) is 0 Å². The zero-order valence-corrected chi connectivity index (χ0v) is 9.89. The number of nitrogens with one attached hydrogen (secondary N) is 1. The predicted molar refractivity (Wildman–Crippen MR) is 66.5 cm³/mol. The molecule has 1 fully saturated rings. The molecule has 0 amide bonds. The summed E-state index contributed by atoms with van der Waals surface area (Å²) < 4.78 is 0. The molecule has 1 aromatic rings. The Morgan fingerprint density at radius 2 is 2.20 bits per heavy atom. The van der Waals surface area contributed by atoms with Crippen LogP contribution in [0, 0.1) is 0 Å². The number of aromatic nitrogens is 1. The summed E-state index contributed by atoms with van der Waals surface area (Å²) in [5.41, 5.74) is 1.12. The molecule has 1 aliphatic heterocycles. The minimum Gasteiger partial charge on any atom is -0.355 e. The molecule has 0 atom stereocenters. The second-order valence-corrected chi connectivity index (χ2v) is 4.84. The van der Waals surface area contributed by atoms with E-state index < -0.39 is 0 Å². The number of pyridine rings is 1. The Morgan fingerprint density at radius 3 is 2.93 bits per heavy atom. The van der Waals surface area contributed by atoms with E-state index in [9.17, 15) is 0 Å². The highest BCUT2D eigenvalue weighted by molar-refractivity contribution is 7.99. The second-order valence-electron chi connectivity index (χ2n) is 3.62. The van der Waals surface area contributed by atoms with Gasteiger partial charge in [0.05, 0.1) is 5.69 Å². The van der Waals surface area contributed by atoms with Crippen molar-refractivity contribution in [1.82, 2.24) is 10.3 Å². The van der Waals surface area contributed by atoms with E-state index in [1.807, 2.05) is 18.8 Å². The number of anilines is 1.